The number of amides is 1. The third-order valence-electron chi connectivity index (χ3n) is 3.25. The lowest BCUT2D eigenvalue weighted by Gasteiger charge is -2.33. The average molecular weight is 287 g/mol. The van der Waals surface area contributed by atoms with Crippen molar-refractivity contribution in [2.24, 2.45) is 0 Å². The van der Waals surface area contributed by atoms with Crippen molar-refractivity contribution in [2.45, 2.75) is 64.6 Å². The molecular weight excluding hydrogens is 258 g/mol. The molecule has 0 unspecified atom stereocenters. The van der Waals surface area contributed by atoms with Crippen molar-refractivity contribution < 1.29 is 19.4 Å². The molecule has 0 radical (unpaired) electrons. The number of aliphatic hydroxyl groups is 1. The van der Waals surface area contributed by atoms with Gasteiger partial charge in [-0.25, -0.2) is 4.79 Å². The second kappa shape index (κ2) is 8.47. The Morgan fingerprint density at radius 3 is 2.40 bits per heavy atom. The van der Waals surface area contributed by atoms with E-state index in [0.717, 1.165) is 38.7 Å². The van der Waals surface area contributed by atoms with Crippen LogP contribution in [0.15, 0.2) is 0 Å². The summed E-state index contributed by atoms with van der Waals surface area (Å²) in [5.74, 6) is 0. The van der Waals surface area contributed by atoms with Crippen LogP contribution in [0.1, 0.15) is 52.9 Å². The normalized spacial score (nSPS) is 17.3. The molecule has 0 atom stereocenters. The molecule has 118 valence electrons. The smallest absolute Gasteiger partial charge is 0.410 e. The first-order valence-electron chi connectivity index (χ1n) is 7.63. The maximum atomic E-state index is 11.9. The predicted molar refractivity (Wildman–Crippen MR) is 77.7 cm³/mol. The Morgan fingerprint density at radius 2 is 1.85 bits per heavy atom. The van der Waals surface area contributed by atoms with Crippen LogP contribution in [-0.2, 0) is 9.47 Å². The Balaban J connectivity index is 2.15. The zero-order valence-electron chi connectivity index (χ0n) is 13.1. The maximum absolute atomic E-state index is 11.9. The van der Waals surface area contributed by atoms with Gasteiger partial charge in [-0.05, 0) is 52.9 Å². The van der Waals surface area contributed by atoms with Gasteiger partial charge in [-0.15, -0.1) is 0 Å². The van der Waals surface area contributed by atoms with E-state index in [0.29, 0.717) is 13.1 Å². The molecule has 1 amide bonds. The lowest BCUT2D eigenvalue weighted by atomic mass is 10.1. The van der Waals surface area contributed by atoms with Crippen molar-refractivity contribution in [3.8, 4) is 0 Å². The Bertz CT molecular complexity index is 280. The molecule has 0 saturated carbocycles. The van der Waals surface area contributed by atoms with Gasteiger partial charge in [0.05, 0.1) is 6.10 Å². The van der Waals surface area contributed by atoms with E-state index < -0.39 is 5.60 Å². The maximum Gasteiger partial charge on any atom is 0.410 e. The van der Waals surface area contributed by atoms with Crippen molar-refractivity contribution in [1.29, 1.82) is 0 Å². The summed E-state index contributed by atoms with van der Waals surface area (Å²) in [4.78, 5) is 13.7. The SMILES string of the molecule is CC(C)(C)OC(=O)N1CCC(OCCCCCO)CC1. The predicted octanol–water partition coefficient (Wildman–Crippen LogP) is 2.57. The number of piperidine rings is 1. The monoisotopic (exact) mass is 287 g/mol. The van der Waals surface area contributed by atoms with Crippen molar-refractivity contribution in [3.63, 3.8) is 0 Å². The second-order valence-corrected chi connectivity index (χ2v) is 6.32. The quantitative estimate of drug-likeness (QED) is 0.763. The minimum absolute atomic E-state index is 0.223. The number of nitrogens with zero attached hydrogens (tertiary/aromatic N) is 1. The highest BCUT2D eigenvalue weighted by Gasteiger charge is 2.26. The molecule has 0 bridgehead atoms. The number of carbonyl (C=O) groups excluding carboxylic acids is 1. The topological polar surface area (TPSA) is 59.0 Å². The number of rotatable bonds is 6. The average Bonchev–Trinajstić information content (AvgIpc) is 2.37. The third-order valence-corrected chi connectivity index (χ3v) is 3.25. The molecule has 5 heteroatoms. The van der Waals surface area contributed by atoms with Crippen molar-refractivity contribution in [1.82, 2.24) is 4.90 Å². The van der Waals surface area contributed by atoms with E-state index in [9.17, 15) is 4.79 Å². The van der Waals surface area contributed by atoms with Gasteiger partial charge in [-0.1, -0.05) is 0 Å². The standard InChI is InChI=1S/C15H29NO4/c1-15(2,3)20-14(18)16-9-7-13(8-10-16)19-12-6-4-5-11-17/h13,17H,4-12H2,1-3H3. The molecule has 1 fully saturated rings. The minimum Gasteiger partial charge on any atom is -0.444 e. The van der Waals surface area contributed by atoms with Crippen LogP contribution in [0.3, 0.4) is 0 Å². The number of hydrogen-bond donors (Lipinski definition) is 1. The molecule has 1 aliphatic heterocycles. The van der Waals surface area contributed by atoms with Gasteiger partial charge in [0.2, 0.25) is 0 Å². The minimum atomic E-state index is -0.433. The van der Waals surface area contributed by atoms with E-state index in [2.05, 4.69) is 0 Å². The summed E-state index contributed by atoms with van der Waals surface area (Å²) in [6.45, 7) is 8.06. The number of carbonyl (C=O) groups is 1. The first-order chi connectivity index (χ1) is 9.42. The first kappa shape index (κ1) is 17.2. The van der Waals surface area contributed by atoms with E-state index in [1.807, 2.05) is 20.8 Å². The molecule has 0 aromatic heterocycles. The highest BCUT2D eigenvalue weighted by atomic mass is 16.6. The van der Waals surface area contributed by atoms with Crippen LogP contribution in [0.25, 0.3) is 0 Å². The largest absolute Gasteiger partial charge is 0.444 e. The van der Waals surface area contributed by atoms with Gasteiger partial charge < -0.3 is 19.5 Å². The second-order valence-electron chi connectivity index (χ2n) is 6.32. The van der Waals surface area contributed by atoms with Crippen molar-refractivity contribution in [3.05, 3.63) is 0 Å². The summed E-state index contributed by atoms with van der Waals surface area (Å²) in [6.07, 6.45) is 4.63. The number of likely N-dealkylation sites (tertiary alicyclic amines) is 1. The van der Waals surface area contributed by atoms with Crippen LogP contribution in [0.4, 0.5) is 4.79 Å². The Hall–Kier alpha value is -0.810. The highest BCUT2D eigenvalue weighted by molar-refractivity contribution is 5.68. The van der Waals surface area contributed by atoms with E-state index in [4.69, 9.17) is 14.6 Å². The van der Waals surface area contributed by atoms with Gasteiger partial charge in [0.15, 0.2) is 0 Å². The molecule has 5 nitrogen and oxygen atoms in total. The molecule has 0 aliphatic carbocycles. The van der Waals surface area contributed by atoms with E-state index in [1.165, 1.54) is 0 Å². The van der Waals surface area contributed by atoms with Crippen LogP contribution < -0.4 is 0 Å². The van der Waals surface area contributed by atoms with Gasteiger partial charge in [-0.3, -0.25) is 0 Å². The summed E-state index contributed by atoms with van der Waals surface area (Å²) < 4.78 is 11.2. The molecule has 0 aromatic rings. The first-order valence-corrected chi connectivity index (χ1v) is 7.63. The fourth-order valence-electron chi connectivity index (χ4n) is 2.17. The molecule has 0 spiro atoms. The zero-order valence-corrected chi connectivity index (χ0v) is 13.1. The molecule has 20 heavy (non-hydrogen) atoms. The van der Waals surface area contributed by atoms with Gasteiger partial charge >= 0.3 is 6.09 Å². The summed E-state index contributed by atoms with van der Waals surface area (Å²) in [5, 5.41) is 8.69. The van der Waals surface area contributed by atoms with Gasteiger partial charge in [0.25, 0.3) is 0 Å². The number of ether oxygens (including phenoxy) is 2. The van der Waals surface area contributed by atoms with Gasteiger partial charge in [-0.2, -0.15) is 0 Å². The molecule has 1 saturated heterocycles. The summed E-state index contributed by atoms with van der Waals surface area (Å²) in [6, 6.07) is 0. The molecule has 0 aromatic carbocycles. The fraction of sp³-hybridized carbons (Fsp3) is 0.933. The Morgan fingerprint density at radius 1 is 1.20 bits per heavy atom. The lowest BCUT2D eigenvalue weighted by Crippen LogP contribution is -2.43. The highest BCUT2D eigenvalue weighted by Crippen LogP contribution is 2.17. The molecular formula is C15H29NO4. The fourth-order valence-corrected chi connectivity index (χ4v) is 2.17. The third kappa shape index (κ3) is 7.10. The van der Waals surface area contributed by atoms with Gasteiger partial charge in [0, 0.05) is 26.3 Å². The molecule has 1 aliphatic rings. The van der Waals surface area contributed by atoms with Crippen LogP contribution in [0, 0.1) is 0 Å². The number of unbranched alkanes of at least 4 members (excludes halogenated alkanes) is 2. The molecule has 1 rings (SSSR count). The summed E-state index contributed by atoms with van der Waals surface area (Å²) in [7, 11) is 0. The molecule has 1 N–H and O–H groups in total. The Kier molecular flexibility index (Phi) is 7.30. The Labute approximate surface area is 122 Å². The van der Waals surface area contributed by atoms with E-state index in [1.54, 1.807) is 4.90 Å². The molecule has 1 heterocycles. The van der Waals surface area contributed by atoms with E-state index >= 15 is 0 Å². The van der Waals surface area contributed by atoms with Gasteiger partial charge in [0.1, 0.15) is 5.60 Å². The lowest BCUT2D eigenvalue weighted by molar-refractivity contribution is -0.0122. The summed E-state index contributed by atoms with van der Waals surface area (Å²) in [5.41, 5.74) is -0.433. The number of aliphatic hydroxyl groups excluding tert-OH is 1. The number of hydrogen-bond acceptors (Lipinski definition) is 4. The van der Waals surface area contributed by atoms with Crippen molar-refractivity contribution >= 4 is 6.09 Å². The van der Waals surface area contributed by atoms with Crippen LogP contribution in [-0.4, -0.2) is 54.1 Å². The van der Waals surface area contributed by atoms with Crippen LogP contribution >= 0.6 is 0 Å². The van der Waals surface area contributed by atoms with Crippen LogP contribution in [0.2, 0.25) is 0 Å². The van der Waals surface area contributed by atoms with E-state index in [-0.39, 0.29) is 18.8 Å². The van der Waals surface area contributed by atoms with Crippen molar-refractivity contribution in [2.75, 3.05) is 26.3 Å². The summed E-state index contributed by atoms with van der Waals surface area (Å²) >= 11 is 0. The zero-order chi connectivity index (χ0) is 15.0. The van der Waals surface area contributed by atoms with Crippen LogP contribution in [0.5, 0.6) is 0 Å².